The van der Waals surface area contributed by atoms with E-state index in [1.165, 1.54) is 23.1 Å². The van der Waals surface area contributed by atoms with Gasteiger partial charge in [-0.15, -0.1) is 22.7 Å². The first-order chi connectivity index (χ1) is 15.8. The summed E-state index contributed by atoms with van der Waals surface area (Å²) in [6.45, 7) is 7.97. The molecule has 168 valence electrons. The second-order valence-corrected chi connectivity index (χ2v) is 11.1. The van der Waals surface area contributed by atoms with E-state index < -0.39 is 0 Å². The maximum absolute atomic E-state index is 13.3. The fourth-order valence-electron chi connectivity index (χ4n) is 3.83. The first-order valence-corrected chi connectivity index (χ1v) is 13.2. The Bertz CT molecular complexity index is 1610. The van der Waals surface area contributed by atoms with Crippen LogP contribution in [0.25, 0.3) is 26.4 Å². The summed E-state index contributed by atoms with van der Waals surface area (Å²) in [5, 5.41) is 3.32. The van der Waals surface area contributed by atoms with Gasteiger partial charge in [0, 0.05) is 28.1 Å². The maximum atomic E-state index is 13.3. The van der Waals surface area contributed by atoms with Crippen LogP contribution in [-0.2, 0) is 5.75 Å². The lowest BCUT2D eigenvalue weighted by Gasteiger charge is -2.15. The van der Waals surface area contributed by atoms with Crippen molar-refractivity contribution in [3.05, 3.63) is 78.6 Å². The molecule has 0 aliphatic rings. The highest BCUT2D eigenvalue weighted by molar-refractivity contribution is 7.98. The molecule has 1 aromatic carbocycles. The van der Waals surface area contributed by atoms with E-state index in [2.05, 4.69) is 0 Å². The number of thiazole rings is 1. The molecule has 33 heavy (non-hydrogen) atoms. The van der Waals surface area contributed by atoms with Crippen molar-refractivity contribution >= 4 is 49.6 Å². The van der Waals surface area contributed by atoms with Gasteiger partial charge in [-0.05, 0) is 38.8 Å². The molecule has 0 spiro atoms. The highest BCUT2D eigenvalue weighted by Gasteiger charge is 2.19. The predicted octanol–water partition coefficient (Wildman–Crippen LogP) is 5.68. The van der Waals surface area contributed by atoms with Gasteiger partial charge < -0.3 is 0 Å². The zero-order chi connectivity index (χ0) is 23.3. The summed E-state index contributed by atoms with van der Waals surface area (Å²) in [6, 6.07) is 11.4. The molecule has 5 aromatic rings. The van der Waals surface area contributed by atoms with Gasteiger partial charge in [0.25, 0.3) is 11.1 Å². The number of rotatable bonds is 5. The normalized spacial score (nSPS) is 11.8. The molecule has 0 aliphatic carbocycles. The minimum absolute atomic E-state index is 0.00593. The second kappa shape index (κ2) is 8.55. The number of thioether (sulfide) groups is 1. The summed E-state index contributed by atoms with van der Waals surface area (Å²) in [4.78, 5) is 38.3. The third-order valence-electron chi connectivity index (χ3n) is 5.60. The average molecular weight is 495 g/mol. The van der Waals surface area contributed by atoms with Gasteiger partial charge in [-0.3, -0.25) is 18.6 Å². The van der Waals surface area contributed by atoms with Gasteiger partial charge in [-0.2, -0.15) is 0 Å². The lowest BCUT2D eigenvalue weighted by molar-refractivity contribution is 0.519. The molecule has 5 rings (SSSR count). The van der Waals surface area contributed by atoms with E-state index in [1.807, 2.05) is 63.4 Å². The van der Waals surface area contributed by atoms with Crippen LogP contribution in [0.5, 0.6) is 0 Å². The average Bonchev–Trinajstić information content (AvgIpc) is 3.34. The van der Waals surface area contributed by atoms with Crippen LogP contribution >= 0.6 is 34.4 Å². The topological polar surface area (TPSA) is 69.3 Å². The Balaban J connectivity index is 1.52. The summed E-state index contributed by atoms with van der Waals surface area (Å²) in [7, 11) is 0. The number of nitrogens with zero attached hydrogens (tertiary/aromatic N) is 4. The SMILES string of the molecule is Cc1sc2nc(SCc3cc(=O)n4c(-c5ccccc5)csc4n3)n(C(C)C)c(=O)c2c1C. The molecular formula is C24H22N4O2S3. The van der Waals surface area contributed by atoms with Gasteiger partial charge in [0.15, 0.2) is 10.1 Å². The summed E-state index contributed by atoms with van der Waals surface area (Å²) in [6.07, 6.45) is 0. The third-order valence-corrected chi connectivity index (χ3v) is 8.51. The number of fused-ring (bicyclic) bond motifs is 2. The number of hydrogen-bond donors (Lipinski definition) is 0. The summed E-state index contributed by atoms with van der Waals surface area (Å²) < 4.78 is 3.40. The molecule has 9 heteroatoms. The van der Waals surface area contributed by atoms with Gasteiger partial charge >= 0.3 is 0 Å². The van der Waals surface area contributed by atoms with Gasteiger partial charge in [-0.1, -0.05) is 42.1 Å². The molecule has 0 atom stereocenters. The Morgan fingerprint density at radius 1 is 1.09 bits per heavy atom. The fourth-order valence-corrected chi connectivity index (χ4v) is 6.85. The largest absolute Gasteiger partial charge is 0.284 e. The second-order valence-electron chi connectivity index (χ2n) is 8.11. The van der Waals surface area contributed by atoms with Crippen molar-refractivity contribution in [2.75, 3.05) is 0 Å². The smallest absolute Gasteiger partial charge is 0.263 e. The Morgan fingerprint density at radius 2 is 1.85 bits per heavy atom. The highest BCUT2D eigenvalue weighted by atomic mass is 32.2. The van der Waals surface area contributed by atoms with E-state index in [0.29, 0.717) is 27.0 Å². The number of thiophene rings is 1. The first kappa shape index (κ1) is 22.1. The van der Waals surface area contributed by atoms with Crippen LogP contribution in [0.1, 0.15) is 36.0 Å². The van der Waals surface area contributed by atoms with E-state index in [1.54, 1.807) is 26.4 Å². The van der Waals surface area contributed by atoms with Crippen LogP contribution in [0, 0.1) is 13.8 Å². The van der Waals surface area contributed by atoms with Crippen molar-refractivity contribution < 1.29 is 0 Å². The fraction of sp³-hybridized carbons (Fsp3) is 0.250. The summed E-state index contributed by atoms with van der Waals surface area (Å²) in [5.74, 6) is 0.457. The quantitative estimate of drug-likeness (QED) is 0.232. The molecule has 0 unspecified atom stereocenters. The van der Waals surface area contributed by atoms with E-state index >= 15 is 0 Å². The Kier molecular flexibility index (Phi) is 5.72. The molecule has 4 heterocycles. The molecule has 6 nitrogen and oxygen atoms in total. The molecule has 4 aromatic heterocycles. The number of aromatic nitrogens is 4. The standard InChI is InChI=1S/C24H22N4O2S3/c1-13(2)27-22(30)20-14(3)15(4)33-21(20)26-24(27)31-11-17-10-19(29)28-18(12-32-23(28)25-17)16-8-6-5-7-9-16/h5-10,12-13H,11H2,1-4H3. The lowest BCUT2D eigenvalue weighted by atomic mass is 10.2. The zero-order valence-corrected chi connectivity index (χ0v) is 21.1. The van der Waals surface area contributed by atoms with E-state index in [4.69, 9.17) is 9.97 Å². The van der Waals surface area contributed by atoms with Crippen molar-refractivity contribution in [1.29, 1.82) is 0 Å². The first-order valence-electron chi connectivity index (χ1n) is 10.6. The van der Waals surface area contributed by atoms with E-state index in [0.717, 1.165) is 26.5 Å². The van der Waals surface area contributed by atoms with Crippen LogP contribution in [0.4, 0.5) is 0 Å². The predicted molar refractivity (Wildman–Crippen MR) is 138 cm³/mol. The van der Waals surface area contributed by atoms with Crippen LogP contribution in [0.15, 0.2) is 56.5 Å². The van der Waals surface area contributed by atoms with Crippen molar-refractivity contribution in [1.82, 2.24) is 18.9 Å². The zero-order valence-electron chi connectivity index (χ0n) is 18.7. The number of aryl methyl sites for hydroxylation is 2. The van der Waals surface area contributed by atoms with Gasteiger partial charge in [-0.25, -0.2) is 9.97 Å². The van der Waals surface area contributed by atoms with Crippen molar-refractivity contribution in [2.24, 2.45) is 0 Å². The molecule has 0 N–H and O–H groups in total. The molecule has 0 bridgehead atoms. The summed E-state index contributed by atoms with van der Waals surface area (Å²) in [5.41, 5.74) is 3.39. The minimum atomic E-state index is -0.107. The van der Waals surface area contributed by atoms with Crippen molar-refractivity contribution in [3.8, 4) is 11.3 Å². The van der Waals surface area contributed by atoms with Gasteiger partial charge in [0.05, 0.1) is 16.8 Å². The molecule has 0 radical (unpaired) electrons. The van der Waals surface area contributed by atoms with Gasteiger partial charge in [0.2, 0.25) is 0 Å². The Morgan fingerprint density at radius 3 is 2.58 bits per heavy atom. The maximum Gasteiger partial charge on any atom is 0.263 e. The Labute approximate surface area is 202 Å². The molecule has 0 fully saturated rings. The number of hydrogen-bond acceptors (Lipinski definition) is 7. The van der Waals surface area contributed by atoms with Crippen LogP contribution in [0.3, 0.4) is 0 Å². The molecule has 0 amide bonds. The van der Waals surface area contributed by atoms with Crippen molar-refractivity contribution in [3.63, 3.8) is 0 Å². The van der Waals surface area contributed by atoms with Crippen molar-refractivity contribution in [2.45, 2.75) is 44.6 Å². The molecular weight excluding hydrogens is 472 g/mol. The lowest BCUT2D eigenvalue weighted by Crippen LogP contribution is -2.25. The van der Waals surface area contributed by atoms with Crippen LogP contribution in [-0.4, -0.2) is 18.9 Å². The van der Waals surface area contributed by atoms with E-state index in [-0.39, 0.29) is 17.2 Å². The highest BCUT2D eigenvalue weighted by Crippen LogP contribution is 2.31. The van der Waals surface area contributed by atoms with Crippen LogP contribution < -0.4 is 11.1 Å². The molecule has 0 saturated heterocycles. The third kappa shape index (κ3) is 3.84. The van der Waals surface area contributed by atoms with Gasteiger partial charge in [0.1, 0.15) is 4.83 Å². The monoisotopic (exact) mass is 494 g/mol. The minimum Gasteiger partial charge on any atom is -0.284 e. The van der Waals surface area contributed by atoms with Crippen LogP contribution in [0.2, 0.25) is 0 Å². The Hall–Kier alpha value is -2.75. The van der Waals surface area contributed by atoms with E-state index in [9.17, 15) is 9.59 Å². The molecule has 0 aliphatic heterocycles. The number of benzene rings is 1. The summed E-state index contributed by atoms with van der Waals surface area (Å²) >= 11 is 4.44. The molecule has 0 saturated carbocycles.